The molecule has 1 aliphatic heterocycles. The number of hydrogen-bond acceptors (Lipinski definition) is 6. The van der Waals surface area contributed by atoms with Crippen molar-refractivity contribution in [1.29, 1.82) is 0 Å². The van der Waals surface area contributed by atoms with Crippen LogP contribution in [-0.4, -0.2) is 66.2 Å². The number of rotatable bonds is 6. The first kappa shape index (κ1) is 21.7. The number of amides is 1. The van der Waals surface area contributed by atoms with Gasteiger partial charge in [-0.2, -0.15) is 0 Å². The normalized spacial score (nSPS) is 14.3. The van der Waals surface area contributed by atoms with Gasteiger partial charge in [0.1, 0.15) is 18.1 Å². The zero-order valence-corrected chi connectivity index (χ0v) is 18.5. The average Bonchev–Trinajstić information content (AvgIpc) is 3.04. The monoisotopic (exact) mass is 436 g/mol. The Labute approximate surface area is 187 Å². The molecule has 2 aromatic heterocycles. The van der Waals surface area contributed by atoms with Crippen LogP contribution in [0, 0.1) is 0 Å². The number of aromatic nitrogens is 2. The highest BCUT2D eigenvalue weighted by atomic mass is 16.5. The second-order valence-electron chi connectivity index (χ2n) is 7.72. The van der Waals surface area contributed by atoms with Crippen LogP contribution in [0.3, 0.4) is 0 Å². The average molecular weight is 437 g/mol. The minimum Gasteiger partial charge on any atom is -0.497 e. The molecule has 0 bridgehead atoms. The van der Waals surface area contributed by atoms with Crippen LogP contribution in [0.15, 0.2) is 48.8 Å². The summed E-state index contributed by atoms with van der Waals surface area (Å²) in [5.74, 6) is 1.34. The summed E-state index contributed by atoms with van der Waals surface area (Å²) in [6.45, 7) is 5.27. The van der Waals surface area contributed by atoms with E-state index in [0.29, 0.717) is 38.3 Å². The largest absolute Gasteiger partial charge is 0.497 e. The van der Waals surface area contributed by atoms with E-state index in [-0.39, 0.29) is 11.9 Å². The molecule has 1 saturated heterocycles. The van der Waals surface area contributed by atoms with Gasteiger partial charge in [0.25, 0.3) is 0 Å². The first-order valence-electron chi connectivity index (χ1n) is 10.9. The Morgan fingerprint density at radius 2 is 1.94 bits per heavy atom. The number of fused-ring (bicyclic) bond motifs is 1. The van der Waals surface area contributed by atoms with Crippen molar-refractivity contribution in [2.75, 3.05) is 44.8 Å². The predicted molar refractivity (Wildman–Crippen MR) is 122 cm³/mol. The number of ether oxygens (including phenoxy) is 2. The zero-order valence-electron chi connectivity index (χ0n) is 18.5. The number of nitrogens with zero attached hydrogens (tertiary/aromatic N) is 4. The summed E-state index contributed by atoms with van der Waals surface area (Å²) in [6, 6.07) is 11.4. The fraction of sp³-hybridized carbons (Fsp3) is 0.375. The second kappa shape index (κ2) is 9.72. The molecule has 3 heterocycles. The van der Waals surface area contributed by atoms with Gasteiger partial charge in [-0.15, -0.1) is 0 Å². The Balaban J connectivity index is 1.38. The maximum atomic E-state index is 13.0. The molecule has 8 heteroatoms. The van der Waals surface area contributed by atoms with Gasteiger partial charge in [0.2, 0.25) is 5.91 Å². The van der Waals surface area contributed by atoms with Crippen molar-refractivity contribution in [1.82, 2.24) is 14.5 Å². The molecule has 1 fully saturated rings. The van der Waals surface area contributed by atoms with Crippen LogP contribution in [0.25, 0.3) is 10.9 Å². The predicted octanol–water partition coefficient (Wildman–Crippen LogP) is 2.96. The third kappa shape index (κ3) is 4.69. The van der Waals surface area contributed by atoms with Gasteiger partial charge >= 0.3 is 5.97 Å². The molecule has 0 saturated carbocycles. The fourth-order valence-electron chi connectivity index (χ4n) is 3.99. The SMILES string of the molecule is CCOC(=O)c1ccc(N2CCCN(C(=O)Cn3ccc4cc(OC)ccc43)CC2)nc1. The zero-order chi connectivity index (χ0) is 22.5. The van der Waals surface area contributed by atoms with E-state index in [9.17, 15) is 9.59 Å². The minimum atomic E-state index is -0.366. The minimum absolute atomic E-state index is 0.103. The lowest BCUT2D eigenvalue weighted by Gasteiger charge is -2.23. The molecule has 1 aliphatic rings. The molecular weight excluding hydrogens is 408 g/mol. The van der Waals surface area contributed by atoms with Crippen LogP contribution in [0.5, 0.6) is 5.75 Å². The smallest absolute Gasteiger partial charge is 0.339 e. The number of pyridine rings is 1. The Hall–Kier alpha value is -3.55. The highest BCUT2D eigenvalue weighted by Crippen LogP contribution is 2.22. The van der Waals surface area contributed by atoms with Crippen LogP contribution >= 0.6 is 0 Å². The quantitative estimate of drug-likeness (QED) is 0.553. The van der Waals surface area contributed by atoms with Gasteiger partial charge in [-0.3, -0.25) is 4.79 Å². The maximum absolute atomic E-state index is 13.0. The van der Waals surface area contributed by atoms with Gasteiger partial charge in [0.15, 0.2) is 0 Å². The molecule has 0 spiro atoms. The molecule has 1 amide bonds. The van der Waals surface area contributed by atoms with Gasteiger partial charge in [0, 0.05) is 49.5 Å². The first-order chi connectivity index (χ1) is 15.6. The molecule has 4 rings (SSSR count). The third-order valence-electron chi connectivity index (χ3n) is 5.72. The third-order valence-corrected chi connectivity index (χ3v) is 5.72. The lowest BCUT2D eigenvalue weighted by molar-refractivity contribution is -0.131. The topological polar surface area (TPSA) is 76.9 Å². The molecule has 168 valence electrons. The number of carbonyl (C=O) groups is 2. The summed E-state index contributed by atoms with van der Waals surface area (Å²) in [7, 11) is 1.65. The van der Waals surface area contributed by atoms with Crippen molar-refractivity contribution in [3.63, 3.8) is 0 Å². The maximum Gasteiger partial charge on any atom is 0.339 e. The first-order valence-corrected chi connectivity index (χ1v) is 10.9. The van der Waals surface area contributed by atoms with E-state index in [4.69, 9.17) is 9.47 Å². The number of esters is 1. The molecule has 0 unspecified atom stereocenters. The number of methoxy groups -OCH3 is 1. The Morgan fingerprint density at radius 3 is 2.69 bits per heavy atom. The van der Waals surface area contributed by atoms with Crippen molar-refractivity contribution in [2.24, 2.45) is 0 Å². The number of benzene rings is 1. The second-order valence-corrected chi connectivity index (χ2v) is 7.72. The van der Waals surface area contributed by atoms with E-state index < -0.39 is 0 Å². The number of hydrogen-bond donors (Lipinski definition) is 0. The van der Waals surface area contributed by atoms with Crippen LogP contribution in [0.2, 0.25) is 0 Å². The number of carbonyl (C=O) groups excluding carboxylic acids is 2. The van der Waals surface area contributed by atoms with E-state index >= 15 is 0 Å². The van der Waals surface area contributed by atoms with Gasteiger partial charge in [-0.25, -0.2) is 9.78 Å². The summed E-state index contributed by atoms with van der Waals surface area (Å²) >= 11 is 0. The molecule has 3 aromatic rings. The summed E-state index contributed by atoms with van der Waals surface area (Å²) in [6.07, 6.45) is 4.35. The molecule has 32 heavy (non-hydrogen) atoms. The molecule has 0 radical (unpaired) electrons. The Morgan fingerprint density at radius 1 is 1.06 bits per heavy atom. The molecular formula is C24H28N4O4. The lowest BCUT2D eigenvalue weighted by Crippen LogP contribution is -2.37. The fourth-order valence-corrected chi connectivity index (χ4v) is 3.99. The van der Waals surface area contributed by atoms with Crippen LogP contribution in [0.4, 0.5) is 5.82 Å². The standard InChI is InChI=1S/C24H28N4O4/c1-3-32-24(30)19-5-8-22(25-16-19)26-10-4-11-27(14-13-26)23(29)17-28-12-9-18-15-20(31-2)6-7-21(18)28/h5-9,12,15-16H,3-4,10-11,13-14,17H2,1-2H3. The van der Waals surface area contributed by atoms with Crippen LogP contribution in [0.1, 0.15) is 23.7 Å². The Bertz CT molecular complexity index is 1090. The highest BCUT2D eigenvalue weighted by Gasteiger charge is 2.21. The van der Waals surface area contributed by atoms with Crippen LogP contribution < -0.4 is 9.64 Å². The van der Waals surface area contributed by atoms with E-state index in [0.717, 1.165) is 35.4 Å². The van der Waals surface area contributed by atoms with Crippen molar-refractivity contribution in [3.05, 3.63) is 54.4 Å². The summed E-state index contributed by atoms with van der Waals surface area (Å²) in [4.78, 5) is 33.3. The Kier molecular flexibility index (Phi) is 6.58. The van der Waals surface area contributed by atoms with Gasteiger partial charge in [0.05, 0.1) is 19.3 Å². The van der Waals surface area contributed by atoms with E-state index in [1.807, 2.05) is 46.0 Å². The van der Waals surface area contributed by atoms with Gasteiger partial charge in [-0.05, 0) is 49.7 Å². The van der Waals surface area contributed by atoms with Crippen molar-refractivity contribution >= 4 is 28.6 Å². The summed E-state index contributed by atoms with van der Waals surface area (Å²) in [5.41, 5.74) is 1.46. The molecule has 1 aromatic carbocycles. The molecule has 0 atom stereocenters. The summed E-state index contributed by atoms with van der Waals surface area (Å²) in [5, 5.41) is 1.05. The van der Waals surface area contributed by atoms with E-state index in [2.05, 4.69) is 9.88 Å². The van der Waals surface area contributed by atoms with E-state index in [1.165, 1.54) is 0 Å². The molecule has 0 N–H and O–H groups in total. The van der Waals surface area contributed by atoms with Crippen molar-refractivity contribution < 1.29 is 19.1 Å². The lowest BCUT2D eigenvalue weighted by atomic mass is 10.2. The van der Waals surface area contributed by atoms with Crippen molar-refractivity contribution in [2.45, 2.75) is 19.9 Å². The highest BCUT2D eigenvalue weighted by molar-refractivity contribution is 5.89. The van der Waals surface area contributed by atoms with Gasteiger partial charge in [-0.1, -0.05) is 0 Å². The van der Waals surface area contributed by atoms with Gasteiger partial charge < -0.3 is 23.8 Å². The van der Waals surface area contributed by atoms with Crippen molar-refractivity contribution in [3.8, 4) is 5.75 Å². The molecule has 0 aliphatic carbocycles. The van der Waals surface area contributed by atoms with Crippen LogP contribution in [-0.2, 0) is 16.1 Å². The van der Waals surface area contributed by atoms with E-state index in [1.54, 1.807) is 26.3 Å². The summed E-state index contributed by atoms with van der Waals surface area (Å²) < 4.78 is 12.3. The number of anilines is 1. The molecule has 8 nitrogen and oxygen atoms in total.